The third kappa shape index (κ3) is 3.98. The number of hydrogen-bond acceptors (Lipinski definition) is 2. The van der Waals surface area contributed by atoms with Crippen LogP contribution in [0.4, 0.5) is 17.1 Å². The number of nitrogens with zero attached hydrogens (tertiary/aromatic N) is 3. The van der Waals surface area contributed by atoms with Crippen LogP contribution in [0.5, 0.6) is 0 Å². The molecule has 0 saturated carbocycles. The molecule has 224 valence electrons. The largest absolute Gasteiger partial charge is 0.311 e. The number of fused-ring (bicyclic) bond motifs is 4. The van der Waals surface area contributed by atoms with Crippen LogP contribution in [-0.4, -0.2) is 9.55 Å². The molecule has 48 heavy (non-hydrogen) atoms. The number of benzene rings is 8. The van der Waals surface area contributed by atoms with Gasteiger partial charge in [-0.25, -0.2) is 0 Å². The predicted octanol–water partition coefficient (Wildman–Crippen LogP) is 12.2. The molecule has 0 atom stereocenters. The first kappa shape index (κ1) is 26.7. The minimum Gasteiger partial charge on any atom is -0.311 e. The number of aromatic nitrogens is 2. The van der Waals surface area contributed by atoms with Crippen molar-refractivity contribution < 1.29 is 0 Å². The summed E-state index contributed by atoms with van der Waals surface area (Å²) in [5.41, 5.74) is 9.30. The van der Waals surface area contributed by atoms with Crippen LogP contribution in [0.2, 0.25) is 0 Å². The van der Waals surface area contributed by atoms with Crippen LogP contribution < -0.4 is 4.90 Å². The lowest BCUT2D eigenvalue weighted by Gasteiger charge is -2.25. The summed E-state index contributed by atoms with van der Waals surface area (Å²) < 4.78 is 2.35. The van der Waals surface area contributed by atoms with Gasteiger partial charge in [-0.1, -0.05) is 103 Å². The van der Waals surface area contributed by atoms with Crippen LogP contribution in [0.25, 0.3) is 70.9 Å². The van der Waals surface area contributed by atoms with Gasteiger partial charge in [0.05, 0.1) is 17.2 Å². The molecule has 8 aromatic carbocycles. The van der Waals surface area contributed by atoms with Crippen molar-refractivity contribution in [3.8, 4) is 16.8 Å². The lowest BCUT2D eigenvalue weighted by atomic mass is 9.88. The van der Waals surface area contributed by atoms with Crippen molar-refractivity contribution in [1.29, 1.82) is 0 Å². The van der Waals surface area contributed by atoms with Crippen LogP contribution in [0.1, 0.15) is 0 Å². The Balaban J connectivity index is 1.17. The van der Waals surface area contributed by atoms with Crippen molar-refractivity contribution in [2.24, 2.45) is 0 Å². The van der Waals surface area contributed by atoms with E-state index in [1.165, 1.54) is 59.7 Å². The quantitative estimate of drug-likeness (QED) is 0.181. The van der Waals surface area contributed by atoms with E-state index in [0.29, 0.717) is 0 Å². The molecule has 10 rings (SSSR count). The first-order valence-electron chi connectivity index (χ1n) is 16.4. The van der Waals surface area contributed by atoms with Crippen LogP contribution in [-0.2, 0) is 0 Å². The van der Waals surface area contributed by atoms with Crippen molar-refractivity contribution in [3.05, 3.63) is 176 Å². The van der Waals surface area contributed by atoms with Gasteiger partial charge in [-0.15, -0.1) is 0 Å². The molecule has 0 aliphatic rings. The molecule has 3 heteroatoms. The molecule has 0 unspecified atom stereocenters. The van der Waals surface area contributed by atoms with Crippen LogP contribution in [0.15, 0.2) is 176 Å². The summed E-state index contributed by atoms with van der Waals surface area (Å²) in [5, 5.41) is 10.2. The van der Waals surface area contributed by atoms with Gasteiger partial charge in [-0.3, -0.25) is 4.98 Å². The summed E-state index contributed by atoms with van der Waals surface area (Å²) in [7, 11) is 0. The third-order valence-electron chi connectivity index (χ3n) is 9.79. The van der Waals surface area contributed by atoms with Crippen molar-refractivity contribution >= 4 is 71.2 Å². The monoisotopic (exact) mass is 611 g/mol. The second kappa shape index (κ2) is 10.5. The standard InChI is InChI=1S/C45H29N3/c1-4-10-33(11-5-1)47(34-12-6-2-7-13-34)36-21-16-30(17-22-36)37-23-18-31-19-25-40-44-32(20-24-38(37)43(31)44)28-41-45(40)39-26-27-46-29-42(39)48(41)35-14-8-3-9-15-35/h1-29H. The molecule has 0 spiro atoms. The van der Waals surface area contributed by atoms with Gasteiger partial charge in [0.25, 0.3) is 0 Å². The average Bonchev–Trinajstić information content (AvgIpc) is 3.49. The molecule has 0 aliphatic heterocycles. The Hall–Kier alpha value is -6.45. The zero-order valence-electron chi connectivity index (χ0n) is 26.1. The van der Waals surface area contributed by atoms with Gasteiger partial charge in [-0.2, -0.15) is 0 Å². The zero-order valence-corrected chi connectivity index (χ0v) is 26.1. The third-order valence-corrected chi connectivity index (χ3v) is 9.79. The molecule has 0 aliphatic carbocycles. The Morgan fingerprint density at radius 3 is 1.77 bits per heavy atom. The van der Waals surface area contributed by atoms with E-state index < -0.39 is 0 Å². The van der Waals surface area contributed by atoms with E-state index >= 15 is 0 Å². The lowest BCUT2D eigenvalue weighted by molar-refractivity contribution is 1.17. The summed E-state index contributed by atoms with van der Waals surface area (Å²) >= 11 is 0. The molecule has 0 bridgehead atoms. The van der Waals surface area contributed by atoms with Gasteiger partial charge in [0.1, 0.15) is 0 Å². The summed E-state index contributed by atoms with van der Waals surface area (Å²) in [6.45, 7) is 0. The highest BCUT2D eigenvalue weighted by Crippen LogP contribution is 2.45. The highest BCUT2D eigenvalue weighted by atomic mass is 15.1. The van der Waals surface area contributed by atoms with E-state index in [1.54, 1.807) is 0 Å². The first-order valence-corrected chi connectivity index (χ1v) is 16.4. The van der Waals surface area contributed by atoms with Crippen molar-refractivity contribution in [1.82, 2.24) is 9.55 Å². The second-order valence-electron chi connectivity index (χ2n) is 12.4. The van der Waals surface area contributed by atoms with Crippen LogP contribution >= 0.6 is 0 Å². The summed E-state index contributed by atoms with van der Waals surface area (Å²) in [5.74, 6) is 0. The second-order valence-corrected chi connectivity index (χ2v) is 12.4. The van der Waals surface area contributed by atoms with Gasteiger partial charge in [0.15, 0.2) is 0 Å². The van der Waals surface area contributed by atoms with Gasteiger partial charge in [0.2, 0.25) is 0 Å². The Morgan fingerprint density at radius 1 is 0.438 bits per heavy atom. The van der Waals surface area contributed by atoms with E-state index in [9.17, 15) is 0 Å². The molecule has 2 heterocycles. The lowest BCUT2D eigenvalue weighted by Crippen LogP contribution is -2.09. The highest BCUT2D eigenvalue weighted by Gasteiger charge is 2.20. The van der Waals surface area contributed by atoms with Crippen LogP contribution in [0.3, 0.4) is 0 Å². The first-order chi connectivity index (χ1) is 23.8. The summed E-state index contributed by atoms with van der Waals surface area (Å²) in [4.78, 5) is 6.84. The smallest absolute Gasteiger partial charge is 0.0724 e. The number of anilines is 3. The Labute approximate surface area is 277 Å². The SMILES string of the molecule is c1ccc(N(c2ccccc2)c2ccc(-c3ccc4ccc5c6c(ccc3c46)cc3c5c4ccncc4n3-c3ccccc3)cc2)cc1. The summed E-state index contributed by atoms with van der Waals surface area (Å²) in [6.07, 6.45) is 3.90. The molecular formula is C45H29N3. The molecule has 0 N–H and O–H groups in total. The maximum Gasteiger partial charge on any atom is 0.0724 e. The van der Waals surface area contributed by atoms with E-state index in [4.69, 9.17) is 0 Å². The number of pyridine rings is 1. The van der Waals surface area contributed by atoms with E-state index in [-0.39, 0.29) is 0 Å². The molecular weight excluding hydrogens is 583 g/mol. The fourth-order valence-electron chi connectivity index (χ4n) is 7.72. The fourth-order valence-corrected chi connectivity index (χ4v) is 7.72. The minimum atomic E-state index is 1.12. The molecule has 3 nitrogen and oxygen atoms in total. The Bertz CT molecular complexity index is 2710. The molecule has 0 fully saturated rings. The Morgan fingerprint density at radius 2 is 1.04 bits per heavy atom. The topological polar surface area (TPSA) is 21.1 Å². The normalized spacial score (nSPS) is 11.8. The fraction of sp³-hybridized carbons (Fsp3) is 0. The number of rotatable bonds is 5. The maximum atomic E-state index is 4.54. The van der Waals surface area contributed by atoms with Gasteiger partial charge >= 0.3 is 0 Å². The van der Waals surface area contributed by atoms with E-state index in [2.05, 4.69) is 178 Å². The number of hydrogen-bond donors (Lipinski definition) is 0. The molecule has 0 radical (unpaired) electrons. The van der Waals surface area contributed by atoms with Crippen molar-refractivity contribution in [2.75, 3.05) is 4.90 Å². The summed E-state index contributed by atoms with van der Waals surface area (Å²) in [6, 6.07) is 59.1. The minimum absolute atomic E-state index is 1.12. The molecule has 0 amide bonds. The number of para-hydroxylation sites is 3. The predicted molar refractivity (Wildman–Crippen MR) is 202 cm³/mol. The van der Waals surface area contributed by atoms with Gasteiger partial charge < -0.3 is 9.47 Å². The van der Waals surface area contributed by atoms with Crippen LogP contribution in [0, 0.1) is 0 Å². The molecule has 2 aromatic heterocycles. The van der Waals surface area contributed by atoms with E-state index in [1.807, 2.05) is 12.4 Å². The van der Waals surface area contributed by atoms with Crippen molar-refractivity contribution in [3.63, 3.8) is 0 Å². The van der Waals surface area contributed by atoms with Gasteiger partial charge in [0, 0.05) is 39.7 Å². The average molecular weight is 612 g/mol. The van der Waals surface area contributed by atoms with Crippen molar-refractivity contribution in [2.45, 2.75) is 0 Å². The molecule has 0 saturated heterocycles. The van der Waals surface area contributed by atoms with E-state index in [0.717, 1.165) is 28.3 Å². The van der Waals surface area contributed by atoms with Gasteiger partial charge in [-0.05, 0) is 104 Å². The zero-order chi connectivity index (χ0) is 31.6. The maximum absolute atomic E-state index is 4.54. The highest BCUT2D eigenvalue weighted by molar-refractivity contribution is 6.34. The molecule has 10 aromatic rings. The Kier molecular flexibility index (Phi) is 5.87.